The average Bonchev–Trinajstić information content (AvgIpc) is 2.43. The van der Waals surface area contributed by atoms with E-state index in [1.54, 1.807) is 13.0 Å². The van der Waals surface area contributed by atoms with Gasteiger partial charge in [0.05, 0.1) is 0 Å². The highest BCUT2D eigenvalue weighted by Crippen LogP contribution is 2.36. The van der Waals surface area contributed by atoms with E-state index in [9.17, 15) is 14.7 Å². The Kier molecular flexibility index (Phi) is 3.74. The van der Waals surface area contributed by atoms with Crippen molar-refractivity contribution in [1.82, 2.24) is 0 Å². The van der Waals surface area contributed by atoms with Gasteiger partial charge >= 0.3 is 5.97 Å². The third kappa shape index (κ3) is 2.25. The molecule has 0 spiro atoms. The molecule has 104 valence electrons. The van der Waals surface area contributed by atoms with Crippen LogP contribution >= 0.6 is 0 Å². The zero-order valence-corrected chi connectivity index (χ0v) is 11.3. The molecule has 0 aliphatic heterocycles. The summed E-state index contributed by atoms with van der Waals surface area (Å²) in [6.07, 6.45) is 0.103. The summed E-state index contributed by atoms with van der Waals surface area (Å²) in [5.74, 6) is -1.63. The monoisotopic (exact) mass is 271 g/mol. The van der Waals surface area contributed by atoms with Crippen LogP contribution in [-0.4, -0.2) is 17.0 Å². The molecule has 2 aromatic carbocycles. The van der Waals surface area contributed by atoms with Crippen molar-refractivity contribution in [2.75, 3.05) is 0 Å². The molecule has 2 rings (SSSR count). The van der Waals surface area contributed by atoms with Gasteiger partial charge in [0.2, 0.25) is 5.91 Å². The Hall–Kier alpha value is -2.36. The summed E-state index contributed by atoms with van der Waals surface area (Å²) >= 11 is 0. The van der Waals surface area contributed by atoms with Gasteiger partial charge in [0.25, 0.3) is 0 Å². The molecule has 2 aromatic rings. The van der Waals surface area contributed by atoms with Crippen molar-refractivity contribution in [2.45, 2.75) is 25.2 Å². The number of nitrogens with two attached hydrogens (primary N) is 1. The average molecular weight is 271 g/mol. The molecule has 4 heteroatoms. The number of carboxylic acid groups (broad SMARTS) is 1. The molecule has 0 heterocycles. The zero-order valence-electron chi connectivity index (χ0n) is 11.3. The minimum absolute atomic E-state index is 0.202. The number of fused-ring (bicyclic) bond motifs is 1. The molecule has 0 fully saturated rings. The summed E-state index contributed by atoms with van der Waals surface area (Å²) in [6.45, 7) is 1.76. The van der Waals surface area contributed by atoms with E-state index in [1.807, 2.05) is 36.4 Å². The van der Waals surface area contributed by atoms with Crippen molar-refractivity contribution in [3.8, 4) is 0 Å². The summed E-state index contributed by atoms with van der Waals surface area (Å²) in [5, 5.41) is 11.5. The minimum Gasteiger partial charge on any atom is -0.481 e. The van der Waals surface area contributed by atoms with E-state index in [-0.39, 0.29) is 6.42 Å². The Morgan fingerprint density at radius 1 is 1.15 bits per heavy atom. The van der Waals surface area contributed by atoms with Crippen LogP contribution in [0.1, 0.15) is 25.3 Å². The lowest BCUT2D eigenvalue weighted by molar-refractivity contribution is -0.146. The summed E-state index contributed by atoms with van der Waals surface area (Å²) < 4.78 is 0. The first-order valence-corrected chi connectivity index (χ1v) is 6.51. The third-order valence-electron chi connectivity index (χ3n) is 3.79. The van der Waals surface area contributed by atoms with Gasteiger partial charge in [-0.1, -0.05) is 49.4 Å². The van der Waals surface area contributed by atoms with Crippen molar-refractivity contribution in [2.24, 2.45) is 5.73 Å². The number of hydrogen-bond donors (Lipinski definition) is 2. The smallest absolute Gasteiger partial charge is 0.314 e. The topological polar surface area (TPSA) is 80.4 Å². The Balaban J connectivity index is 2.74. The molecule has 1 atom stereocenters. The van der Waals surface area contributed by atoms with Crippen LogP contribution in [0.4, 0.5) is 0 Å². The Bertz CT molecular complexity index is 660. The van der Waals surface area contributed by atoms with E-state index in [2.05, 4.69) is 0 Å². The molecule has 3 N–H and O–H groups in total. The second kappa shape index (κ2) is 5.33. The van der Waals surface area contributed by atoms with E-state index >= 15 is 0 Å². The number of carbonyl (C=O) groups excluding carboxylic acids is 1. The molecule has 0 bridgehead atoms. The second-order valence-corrected chi connectivity index (χ2v) is 4.91. The van der Waals surface area contributed by atoms with Gasteiger partial charge in [-0.2, -0.15) is 0 Å². The maximum absolute atomic E-state index is 11.8. The maximum atomic E-state index is 11.8. The summed E-state index contributed by atoms with van der Waals surface area (Å²) in [6, 6.07) is 13.1. The second-order valence-electron chi connectivity index (χ2n) is 4.91. The molecule has 0 aliphatic rings. The van der Waals surface area contributed by atoms with Crippen LogP contribution in [0.25, 0.3) is 10.8 Å². The highest BCUT2D eigenvalue weighted by atomic mass is 16.4. The van der Waals surface area contributed by atoms with E-state index in [4.69, 9.17) is 5.73 Å². The largest absolute Gasteiger partial charge is 0.481 e. The molecular weight excluding hydrogens is 254 g/mol. The fourth-order valence-corrected chi connectivity index (χ4v) is 2.69. The number of hydrogen-bond acceptors (Lipinski definition) is 2. The van der Waals surface area contributed by atoms with Gasteiger partial charge in [0.15, 0.2) is 0 Å². The van der Waals surface area contributed by atoms with Crippen LogP contribution in [0.3, 0.4) is 0 Å². The molecule has 0 saturated carbocycles. The van der Waals surface area contributed by atoms with Crippen molar-refractivity contribution >= 4 is 22.6 Å². The first-order chi connectivity index (χ1) is 9.51. The molecule has 1 unspecified atom stereocenters. The van der Waals surface area contributed by atoms with Crippen LogP contribution in [0, 0.1) is 0 Å². The lowest BCUT2D eigenvalue weighted by Gasteiger charge is -2.28. The number of carbonyl (C=O) groups is 2. The number of primary amides is 1. The summed E-state index contributed by atoms with van der Waals surface area (Å²) in [7, 11) is 0. The van der Waals surface area contributed by atoms with Crippen LogP contribution in [0.15, 0.2) is 42.5 Å². The highest BCUT2D eigenvalue weighted by molar-refractivity contribution is 5.96. The minimum atomic E-state index is -1.27. The number of aliphatic carboxylic acids is 1. The quantitative estimate of drug-likeness (QED) is 0.876. The first-order valence-electron chi connectivity index (χ1n) is 6.51. The standard InChI is InChI=1S/C16H17NO3/c1-2-16(15(19)20,10-14(17)18)13-9-5-7-11-6-3-4-8-12(11)13/h3-9H,2,10H2,1H3,(H2,17,18)(H,19,20). The molecule has 0 saturated heterocycles. The van der Waals surface area contributed by atoms with Gasteiger partial charge in [-0.15, -0.1) is 0 Å². The number of rotatable bonds is 5. The molecular formula is C16H17NO3. The highest BCUT2D eigenvalue weighted by Gasteiger charge is 2.41. The van der Waals surface area contributed by atoms with Crippen LogP contribution < -0.4 is 5.73 Å². The lowest BCUT2D eigenvalue weighted by Crippen LogP contribution is -2.39. The van der Waals surface area contributed by atoms with Crippen molar-refractivity contribution in [3.63, 3.8) is 0 Å². The Morgan fingerprint density at radius 2 is 1.80 bits per heavy atom. The fraction of sp³-hybridized carbons (Fsp3) is 0.250. The molecule has 0 aromatic heterocycles. The predicted molar refractivity (Wildman–Crippen MR) is 77.4 cm³/mol. The molecule has 0 radical (unpaired) electrons. The molecule has 1 amide bonds. The zero-order chi connectivity index (χ0) is 14.8. The van der Waals surface area contributed by atoms with E-state index in [1.165, 1.54) is 0 Å². The van der Waals surface area contributed by atoms with E-state index < -0.39 is 17.3 Å². The van der Waals surface area contributed by atoms with Crippen LogP contribution in [-0.2, 0) is 15.0 Å². The van der Waals surface area contributed by atoms with Crippen LogP contribution in [0.2, 0.25) is 0 Å². The maximum Gasteiger partial charge on any atom is 0.314 e. The third-order valence-corrected chi connectivity index (χ3v) is 3.79. The van der Waals surface area contributed by atoms with Gasteiger partial charge in [0, 0.05) is 6.42 Å². The summed E-state index contributed by atoms with van der Waals surface area (Å²) in [4.78, 5) is 23.2. The number of amides is 1. The van der Waals surface area contributed by atoms with Gasteiger partial charge in [-0.3, -0.25) is 9.59 Å². The van der Waals surface area contributed by atoms with Gasteiger partial charge in [0.1, 0.15) is 5.41 Å². The Morgan fingerprint density at radius 3 is 2.40 bits per heavy atom. The van der Waals surface area contributed by atoms with Crippen molar-refractivity contribution in [1.29, 1.82) is 0 Å². The van der Waals surface area contributed by atoms with Crippen LogP contribution in [0.5, 0.6) is 0 Å². The molecule has 4 nitrogen and oxygen atoms in total. The lowest BCUT2D eigenvalue weighted by atomic mass is 9.73. The van der Waals surface area contributed by atoms with Crippen molar-refractivity contribution in [3.05, 3.63) is 48.0 Å². The van der Waals surface area contributed by atoms with Gasteiger partial charge in [-0.05, 0) is 22.8 Å². The van der Waals surface area contributed by atoms with Gasteiger partial charge in [-0.25, -0.2) is 0 Å². The SMILES string of the molecule is CCC(CC(N)=O)(C(=O)O)c1cccc2ccccc12. The fourth-order valence-electron chi connectivity index (χ4n) is 2.69. The first kappa shape index (κ1) is 14.1. The Labute approximate surface area is 117 Å². The predicted octanol–water partition coefficient (Wildman–Crippen LogP) is 2.45. The van der Waals surface area contributed by atoms with Crippen molar-refractivity contribution < 1.29 is 14.7 Å². The van der Waals surface area contributed by atoms with Gasteiger partial charge < -0.3 is 10.8 Å². The molecule has 0 aliphatic carbocycles. The van der Waals surface area contributed by atoms with E-state index in [0.29, 0.717) is 12.0 Å². The number of benzene rings is 2. The number of carboxylic acids is 1. The molecule has 20 heavy (non-hydrogen) atoms. The normalized spacial score (nSPS) is 13.8. The van der Waals surface area contributed by atoms with E-state index in [0.717, 1.165) is 10.8 Å². The summed E-state index contributed by atoms with van der Waals surface area (Å²) in [5.41, 5.74) is 4.64.